The Kier molecular flexibility index (Phi) is 5.24. The molecule has 1 aromatic heterocycles. The van der Waals surface area contributed by atoms with Gasteiger partial charge in [0.2, 0.25) is 0 Å². The minimum absolute atomic E-state index is 0.0263. The third-order valence-electron chi connectivity index (χ3n) is 1.99. The molecule has 0 amide bonds. The molecule has 20 heavy (non-hydrogen) atoms. The topological polar surface area (TPSA) is 52.1 Å². The van der Waals surface area contributed by atoms with Crippen molar-refractivity contribution in [1.82, 2.24) is 8.75 Å². The van der Waals surface area contributed by atoms with Crippen LogP contribution < -0.4 is 10.2 Å². The van der Waals surface area contributed by atoms with Crippen molar-refractivity contribution in [3.63, 3.8) is 0 Å². The minimum Gasteiger partial charge on any atom is -0.432 e. The zero-order valence-corrected chi connectivity index (χ0v) is 14.2. The van der Waals surface area contributed by atoms with Crippen LogP contribution in [0.2, 0.25) is 30.3 Å². The van der Waals surface area contributed by atoms with Crippen molar-refractivity contribution in [2.75, 3.05) is 0 Å². The molecule has 0 atom stereocenters. The van der Waals surface area contributed by atoms with Gasteiger partial charge in [0.15, 0.2) is 10.9 Å². The van der Waals surface area contributed by atoms with E-state index in [-0.39, 0.29) is 41.9 Å². The first-order chi connectivity index (χ1) is 9.34. The summed E-state index contributed by atoms with van der Waals surface area (Å²) in [5.41, 5.74) is -0.722. The number of rotatable bonds is 2. The first kappa shape index (κ1) is 16.4. The Balaban J connectivity index is 2.60. The van der Waals surface area contributed by atoms with Crippen LogP contribution in [0.25, 0.3) is 0 Å². The molecule has 0 saturated heterocycles. The maximum atomic E-state index is 11.7. The summed E-state index contributed by atoms with van der Waals surface area (Å²) in [5, 5.41) is -0.654. The van der Waals surface area contributed by atoms with Gasteiger partial charge in [-0.3, -0.25) is 4.79 Å². The van der Waals surface area contributed by atoms with Crippen molar-refractivity contribution in [1.29, 1.82) is 0 Å². The van der Waals surface area contributed by atoms with Crippen molar-refractivity contribution >= 4 is 81.3 Å². The van der Waals surface area contributed by atoms with Crippen LogP contribution in [0.1, 0.15) is 0 Å². The van der Waals surface area contributed by atoms with Crippen LogP contribution in [0.15, 0.2) is 4.79 Å². The third kappa shape index (κ3) is 2.95. The molecule has 0 aliphatic heterocycles. The molecule has 0 fully saturated rings. The molecule has 4 nitrogen and oxygen atoms in total. The zero-order chi connectivity index (χ0) is 15.0. The molecule has 0 saturated carbocycles. The van der Waals surface area contributed by atoms with Gasteiger partial charge in [-0.1, -0.05) is 69.6 Å². The molecule has 1 heterocycles. The molecule has 0 unspecified atom stereocenters. The molecular formula is C9Cl6N2O2S. The first-order valence-electron chi connectivity index (χ1n) is 4.56. The van der Waals surface area contributed by atoms with E-state index in [9.17, 15) is 4.79 Å². The lowest BCUT2D eigenvalue weighted by molar-refractivity contribution is 0.462. The van der Waals surface area contributed by atoms with Gasteiger partial charge in [0.1, 0.15) is 10.0 Å². The molecule has 0 aliphatic carbocycles. The highest BCUT2D eigenvalue weighted by Crippen LogP contribution is 2.49. The summed E-state index contributed by atoms with van der Waals surface area (Å²) in [7, 11) is 0. The number of halogens is 6. The molecule has 106 valence electrons. The molecular weight excluding hydrogens is 413 g/mol. The summed E-state index contributed by atoms with van der Waals surface area (Å²) in [5.74, 6) is -0.500. The second-order valence-corrected chi connectivity index (χ2v) is 5.97. The number of benzene rings is 1. The van der Waals surface area contributed by atoms with E-state index in [1.807, 2.05) is 0 Å². The van der Waals surface area contributed by atoms with Gasteiger partial charge in [-0.05, 0) is 0 Å². The average Bonchev–Trinajstić information content (AvgIpc) is 2.43. The van der Waals surface area contributed by atoms with Gasteiger partial charge in [-0.2, -0.15) is 4.37 Å². The molecule has 2 rings (SSSR count). The van der Waals surface area contributed by atoms with Crippen LogP contribution in [0.4, 0.5) is 0 Å². The van der Waals surface area contributed by atoms with Crippen molar-refractivity contribution in [3.05, 3.63) is 40.5 Å². The quantitative estimate of drug-likeness (QED) is 0.475. The molecule has 1 aromatic carbocycles. The van der Waals surface area contributed by atoms with E-state index in [0.717, 1.165) is 0 Å². The third-order valence-corrected chi connectivity index (χ3v) is 5.10. The minimum atomic E-state index is -0.722. The molecule has 0 spiro atoms. The summed E-state index contributed by atoms with van der Waals surface area (Å²) >= 11 is 35.7. The van der Waals surface area contributed by atoms with Crippen LogP contribution in [-0.2, 0) is 0 Å². The van der Waals surface area contributed by atoms with Crippen LogP contribution >= 0.6 is 81.3 Å². The number of nitrogens with zero attached hydrogens (tertiary/aromatic N) is 2. The molecule has 11 heteroatoms. The number of aromatic nitrogens is 2. The fraction of sp³-hybridized carbons (Fsp3) is 0. The number of hydrogen-bond donors (Lipinski definition) is 0. The lowest BCUT2D eigenvalue weighted by Gasteiger charge is -2.11. The molecule has 2 aromatic rings. The van der Waals surface area contributed by atoms with Gasteiger partial charge < -0.3 is 4.74 Å². The lowest BCUT2D eigenvalue weighted by atomic mass is 10.3. The predicted molar refractivity (Wildman–Crippen MR) is 82.8 cm³/mol. The standard InChI is InChI=1S/C9Cl6N2O2S/c10-1-2(11)4(13)7(5(14)3(1)12)19-9-6(18)8(15)16-20-17-9. The van der Waals surface area contributed by atoms with E-state index in [4.69, 9.17) is 74.3 Å². The van der Waals surface area contributed by atoms with Crippen molar-refractivity contribution < 1.29 is 4.74 Å². The summed E-state index contributed by atoms with van der Waals surface area (Å²) in [4.78, 5) is 11.7. The van der Waals surface area contributed by atoms with Gasteiger partial charge in [0.25, 0.3) is 11.3 Å². The monoisotopic (exact) mass is 410 g/mol. The maximum absolute atomic E-state index is 11.7. The number of ether oxygens (including phenoxy) is 1. The average molecular weight is 413 g/mol. The van der Waals surface area contributed by atoms with E-state index in [1.54, 1.807) is 0 Å². The Hall–Kier alpha value is -0.0100. The summed E-state index contributed by atoms with van der Waals surface area (Å²) < 4.78 is 12.5. The summed E-state index contributed by atoms with van der Waals surface area (Å²) in [6, 6.07) is 0. The van der Waals surface area contributed by atoms with E-state index >= 15 is 0 Å². The zero-order valence-electron chi connectivity index (χ0n) is 8.89. The highest BCUT2D eigenvalue weighted by Gasteiger charge is 2.22. The summed E-state index contributed by atoms with van der Waals surface area (Å²) in [6.45, 7) is 0. The van der Waals surface area contributed by atoms with Gasteiger partial charge in [0, 0.05) is 0 Å². The highest BCUT2D eigenvalue weighted by molar-refractivity contribution is 6.99. The van der Waals surface area contributed by atoms with E-state index < -0.39 is 5.43 Å². The van der Waals surface area contributed by atoms with Crippen LogP contribution in [0.3, 0.4) is 0 Å². The SMILES string of the molecule is O=c1c(Cl)nsnc1Oc1c(Cl)c(Cl)c(Cl)c(Cl)c1Cl. The van der Waals surface area contributed by atoms with Gasteiger partial charge in [0.05, 0.1) is 26.8 Å². The fourth-order valence-corrected chi connectivity index (χ4v) is 2.86. The normalized spacial score (nSPS) is 10.7. The Labute approximate surface area is 146 Å². The van der Waals surface area contributed by atoms with Crippen molar-refractivity contribution in [2.24, 2.45) is 0 Å². The maximum Gasteiger partial charge on any atom is 0.283 e. The van der Waals surface area contributed by atoms with E-state index in [0.29, 0.717) is 11.7 Å². The Bertz CT molecular complexity index is 721. The first-order valence-corrected chi connectivity index (χ1v) is 7.56. The van der Waals surface area contributed by atoms with Crippen LogP contribution in [0, 0.1) is 0 Å². The largest absolute Gasteiger partial charge is 0.432 e. The van der Waals surface area contributed by atoms with Crippen molar-refractivity contribution in [3.8, 4) is 11.6 Å². The number of hydrogen-bond acceptors (Lipinski definition) is 5. The smallest absolute Gasteiger partial charge is 0.283 e. The van der Waals surface area contributed by atoms with Crippen LogP contribution in [-0.4, -0.2) is 8.75 Å². The van der Waals surface area contributed by atoms with Crippen molar-refractivity contribution in [2.45, 2.75) is 0 Å². The van der Waals surface area contributed by atoms with E-state index in [1.165, 1.54) is 0 Å². The second kappa shape index (κ2) is 6.40. The highest BCUT2D eigenvalue weighted by atomic mass is 35.5. The Morgan fingerprint density at radius 2 is 1.30 bits per heavy atom. The molecule has 0 bridgehead atoms. The summed E-state index contributed by atoms with van der Waals surface area (Å²) in [6.07, 6.45) is 0. The van der Waals surface area contributed by atoms with E-state index in [2.05, 4.69) is 8.75 Å². The predicted octanol–water partition coefficient (Wildman–Crippen LogP) is 5.61. The van der Waals surface area contributed by atoms with Gasteiger partial charge >= 0.3 is 0 Å². The van der Waals surface area contributed by atoms with Gasteiger partial charge in [-0.15, -0.1) is 4.37 Å². The molecule has 0 aliphatic rings. The van der Waals surface area contributed by atoms with Gasteiger partial charge in [-0.25, -0.2) is 0 Å². The molecule has 0 N–H and O–H groups in total. The Morgan fingerprint density at radius 1 is 0.800 bits per heavy atom. The molecule has 0 radical (unpaired) electrons. The van der Waals surface area contributed by atoms with Crippen LogP contribution in [0.5, 0.6) is 11.6 Å². The Morgan fingerprint density at radius 3 is 1.85 bits per heavy atom. The fourth-order valence-electron chi connectivity index (χ4n) is 1.10. The second-order valence-electron chi connectivity index (χ2n) is 3.19. The lowest BCUT2D eigenvalue weighted by Crippen LogP contribution is -2.08.